The predicted molar refractivity (Wildman–Crippen MR) is 52.0 cm³/mol. The normalized spacial score (nSPS) is 34.9. The molecule has 0 amide bonds. The summed E-state index contributed by atoms with van der Waals surface area (Å²) in [5.41, 5.74) is 0.312. The van der Waals surface area contributed by atoms with Gasteiger partial charge in [-0.3, -0.25) is 0 Å². The van der Waals surface area contributed by atoms with Gasteiger partial charge in [-0.15, -0.1) is 0 Å². The molecule has 1 aromatic rings. The molecule has 4 rings (SSSR count). The highest BCUT2D eigenvalue weighted by atomic mass is 16.5. The maximum absolute atomic E-state index is 5.37. The first-order valence-corrected chi connectivity index (χ1v) is 5.34. The minimum Gasteiger partial charge on any atom is -0.339 e. The van der Waals surface area contributed by atoms with E-state index >= 15 is 0 Å². The van der Waals surface area contributed by atoms with Gasteiger partial charge < -0.3 is 4.52 Å². The van der Waals surface area contributed by atoms with E-state index in [-0.39, 0.29) is 5.41 Å². The zero-order valence-corrected chi connectivity index (χ0v) is 9.00. The highest BCUT2D eigenvalue weighted by Crippen LogP contribution is 2.64. The minimum atomic E-state index is 0.00524. The molecule has 0 spiro atoms. The molecule has 1 heterocycles. The molecule has 0 atom stereocenters. The van der Waals surface area contributed by atoms with E-state index in [9.17, 15) is 0 Å². The Bertz CT molecular complexity index is 358. The molecular formula is C11H16N2O. The third-order valence-electron chi connectivity index (χ3n) is 3.59. The van der Waals surface area contributed by atoms with E-state index in [1.807, 2.05) is 0 Å². The van der Waals surface area contributed by atoms with Crippen LogP contribution in [0.1, 0.15) is 51.7 Å². The molecule has 14 heavy (non-hydrogen) atoms. The van der Waals surface area contributed by atoms with Crippen molar-refractivity contribution in [2.45, 2.75) is 50.9 Å². The van der Waals surface area contributed by atoms with Crippen LogP contribution in [-0.4, -0.2) is 10.1 Å². The summed E-state index contributed by atoms with van der Waals surface area (Å²) in [5, 5.41) is 4.07. The third-order valence-corrected chi connectivity index (χ3v) is 3.59. The van der Waals surface area contributed by atoms with Gasteiger partial charge in [-0.25, -0.2) is 0 Å². The zero-order valence-electron chi connectivity index (χ0n) is 9.00. The van der Waals surface area contributed by atoms with Crippen LogP contribution < -0.4 is 0 Å². The van der Waals surface area contributed by atoms with Crippen LogP contribution in [0.15, 0.2) is 4.52 Å². The molecule has 76 valence electrons. The lowest BCUT2D eigenvalue weighted by molar-refractivity contribution is -0.0512. The fourth-order valence-corrected chi connectivity index (χ4v) is 2.48. The number of hydrogen-bond donors (Lipinski definition) is 0. The minimum absolute atomic E-state index is 0.00524. The summed E-state index contributed by atoms with van der Waals surface area (Å²) in [7, 11) is 0. The van der Waals surface area contributed by atoms with Crippen LogP contribution in [-0.2, 0) is 10.8 Å². The molecule has 0 radical (unpaired) electrons. The fourth-order valence-electron chi connectivity index (χ4n) is 2.48. The van der Waals surface area contributed by atoms with Gasteiger partial charge in [0.2, 0.25) is 5.89 Å². The molecule has 3 nitrogen and oxygen atoms in total. The van der Waals surface area contributed by atoms with Crippen LogP contribution in [0.3, 0.4) is 0 Å². The molecule has 1 aromatic heterocycles. The lowest BCUT2D eigenvalue weighted by atomic mass is 9.44. The molecular weight excluding hydrogens is 176 g/mol. The number of aromatic nitrogens is 2. The standard InChI is InChI=1S/C11H16N2O/c1-10(2,3)8-12-9(14-13-8)11-4-7(5-11)6-11/h7H,4-6H2,1-3H3. The Kier molecular flexibility index (Phi) is 1.33. The highest BCUT2D eigenvalue weighted by molar-refractivity contribution is 5.23. The molecule has 0 unspecified atom stereocenters. The van der Waals surface area contributed by atoms with Gasteiger partial charge >= 0.3 is 0 Å². The van der Waals surface area contributed by atoms with Crippen molar-refractivity contribution in [3.05, 3.63) is 11.7 Å². The van der Waals surface area contributed by atoms with Gasteiger partial charge in [0.25, 0.3) is 0 Å². The summed E-state index contributed by atoms with van der Waals surface area (Å²) in [6, 6.07) is 0. The van der Waals surface area contributed by atoms with Crippen molar-refractivity contribution in [3.8, 4) is 0 Å². The van der Waals surface area contributed by atoms with E-state index in [1.165, 1.54) is 19.3 Å². The SMILES string of the molecule is CC(C)(C)c1noc(C23CC(C2)C3)n1. The number of hydrogen-bond acceptors (Lipinski definition) is 3. The monoisotopic (exact) mass is 192 g/mol. The average Bonchev–Trinajstić information content (AvgIpc) is 2.26. The van der Waals surface area contributed by atoms with Gasteiger partial charge in [-0.1, -0.05) is 25.9 Å². The first-order valence-electron chi connectivity index (χ1n) is 5.34. The number of rotatable bonds is 1. The van der Waals surface area contributed by atoms with Gasteiger partial charge in [0, 0.05) is 5.41 Å². The molecule has 0 saturated heterocycles. The Morgan fingerprint density at radius 2 is 1.93 bits per heavy atom. The Morgan fingerprint density at radius 1 is 1.29 bits per heavy atom. The molecule has 3 aliphatic carbocycles. The molecule has 3 heteroatoms. The molecule has 3 aliphatic rings. The largest absolute Gasteiger partial charge is 0.339 e. The summed E-state index contributed by atoms with van der Waals surface area (Å²) in [4.78, 5) is 4.54. The Morgan fingerprint density at radius 3 is 2.29 bits per heavy atom. The van der Waals surface area contributed by atoms with Gasteiger partial charge in [0.1, 0.15) is 0 Å². The highest BCUT2D eigenvalue weighted by Gasteiger charge is 2.61. The summed E-state index contributed by atoms with van der Waals surface area (Å²) < 4.78 is 5.37. The summed E-state index contributed by atoms with van der Waals surface area (Å²) in [6.45, 7) is 6.34. The van der Waals surface area contributed by atoms with Crippen LogP contribution in [0.25, 0.3) is 0 Å². The Hall–Kier alpha value is -0.860. The van der Waals surface area contributed by atoms with Crippen molar-refractivity contribution in [1.82, 2.24) is 10.1 Å². The summed E-state index contributed by atoms with van der Waals surface area (Å²) in [5.74, 6) is 2.70. The number of nitrogens with zero attached hydrogens (tertiary/aromatic N) is 2. The van der Waals surface area contributed by atoms with E-state index in [0.717, 1.165) is 17.6 Å². The zero-order chi connectivity index (χ0) is 9.97. The van der Waals surface area contributed by atoms with Crippen LogP contribution in [0.4, 0.5) is 0 Å². The maximum Gasteiger partial charge on any atom is 0.232 e. The van der Waals surface area contributed by atoms with E-state index in [0.29, 0.717) is 5.41 Å². The summed E-state index contributed by atoms with van der Waals surface area (Å²) >= 11 is 0. The molecule has 3 saturated carbocycles. The van der Waals surface area contributed by atoms with Crippen LogP contribution in [0.5, 0.6) is 0 Å². The van der Waals surface area contributed by atoms with E-state index < -0.39 is 0 Å². The van der Waals surface area contributed by atoms with Crippen molar-refractivity contribution < 1.29 is 4.52 Å². The topological polar surface area (TPSA) is 38.9 Å². The van der Waals surface area contributed by atoms with E-state index in [2.05, 4.69) is 30.9 Å². The van der Waals surface area contributed by atoms with Crippen molar-refractivity contribution >= 4 is 0 Å². The van der Waals surface area contributed by atoms with Crippen molar-refractivity contribution in [1.29, 1.82) is 0 Å². The smallest absolute Gasteiger partial charge is 0.232 e. The van der Waals surface area contributed by atoms with E-state index in [1.54, 1.807) is 0 Å². The van der Waals surface area contributed by atoms with Gasteiger partial charge in [0.05, 0.1) is 5.41 Å². The lowest BCUT2D eigenvalue weighted by Gasteiger charge is -2.59. The van der Waals surface area contributed by atoms with Crippen molar-refractivity contribution in [2.24, 2.45) is 5.92 Å². The molecule has 0 N–H and O–H groups in total. The Labute approximate surface area is 83.9 Å². The first kappa shape index (κ1) is 8.45. The molecule has 0 aliphatic heterocycles. The average molecular weight is 192 g/mol. The van der Waals surface area contributed by atoms with Gasteiger partial charge in [-0.05, 0) is 25.2 Å². The van der Waals surface area contributed by atoms with Crippen molar-refractivity contribution in [2.75, 3.05) is 0 Å². The van der Waals surface area contributed by atoms with Crippen LogP contribution in [0.2, 0.25) is 0 Å². The summed E-state index contributed by atoms with van der Waals surface area (Å²) in [6.07, 6.45) is 3.83. The van der Waals surface area contributed by atoms with Gasteiger partial charge in [0.15, 0.2) is 5.82 Å². The second-order valence-corrected chi connectivity index (χ2v) is 5.93. The maximum atomic E-state index is 5.37. The molecule has 0 aromatic carbocycles. The van der Waals surface area contributed by atoms with Crippen LogP contribution >= 0.6 is 0 Å². The molecule has 3 fully saturated rings. The predicted octanol–water partition coefficient (Wildman–Crippen LogP) is 2.42. The fraction of sp³-hybridized carbons (Fsp3) is 0.818. The first-order chi connectivity index (χ1) is 6.50. The second-order valence-electron chi connectivity index (χ2n) is 5.93. The lowest BCUT2D eigenvalue weighted by Crippen LogP contribution is -2.55. The van der Waals surface area contributed by atoms with Crippen LogP contribution in [0, 0.1) is 5.92 Å². The quantitative estimate of drug-likeness (QED) is 0.686. The second kappa shape index (κ2) is 2.20. The third kappa shape index (κ3) is 0.928. The molecule has 2 bridgehead atoms. The Balaban J connectivity index is 1.90. The van der Waals surface area contributed by atoms with E-state index in [4.69, 9.17) is 4.52 Å². The van der Waals surface area contributed by atoms with Gasteiger partial charge in [-0.2, -0.15) is 4.98 Å². The van der Waals surface area contributed by atoms with Crippen molar-refractivity contribution in [3.63, 3.8) is 0 Å².